The third-order valence-electron chi connectivity index (χ3n) is 31.7. The van der Waals surface area contributed by atoms with E-state index in [0.717, 1.165) is 206 Å². The fourth-order valence-corrected chi connectivity index (χ4v) is 25.9. The summed E-state index contributed by atoms with van der Waals surface area (Å²) in [6, 6.07) is 101. The van der Waals surface area contributed by atoms with Crippen molar-refractivity contribution in [3.63, 3.8) is 0 Å². The molecular formula is C124H72N16. The van der Waals surface area contributed by atoms with Gasteiger partial charge in [0.2, 0.25) is 0 Å². The summed E-state index contributed by atoms with van der Waals surface area (Å²) in [7, 11) is 0. The highest BCUT2D eigenvalue weighted by Gasteiger charge is 2.37. The fraction of sp³-hybridized carbons (Fsp3) is 0.0645. The van der Waals surface area contributed by atoms with Crippen LogP contribution in [-0.4, -0.2) is 77.4 Å². The molecule has 16 nitrogen and oxygen atoms in total. The van der Waals surface area contributed by atoms with Gasteiger partial charge in [-0.15, -0.1) is 0 Å². The van der Waals surface area contributed by atoms with Crippen LogP contribution in [0.2, 0.25) is 0 Å². The highest BCUT2D eigenvalue weighted by molar-refractivity contribution is 6.17. The average Bonchev–Trinajstić information content (AvgIpc) is 1.56. The zero-order valence-electron chi connectivity index (χ0n) is 75.1. The zero-order valence-corrected chi connectivity index (χ0v) is 75.1. The van der Waals surface area contributed by atoms with Crippen LogP contribution in [0.1, 0.15) is 89.0 Å². The van der Waals surface area contributed by atoms with E-state index in [9.17, 15) is 0 Å². The van der Waals surface area contributed by atoms with Crippen LogP contribution < -0.4 is 0 Å². The highest BCUT2D eigenvalue weighted by Crippen LogP contribution is 2.55. The summed E-state index contributed by atoms with van der Waals surface area (Å²) < 4.78 is 8.87. The Morgan fingerprint density at radius 1 is 0.171 bits per heavy atom. The van der Waals surface area contributed by atoms with Crippen LogP contribution >= 0.6 is 0 Å². The van der Waals surface area contributed by atoms with E-state index in [0.29, 0.717) is 0 Å². The van der Waals surface area contributed by atoms with Gasteiger partial charge in [-0.1, -0.05) is 152 Å². The molecule has 8 aliphatic rings. The van der Waals surface area contributed by atoms with Gasteiger partial charge < -0.3 is 0 Å². The first-order valence-electron chi connectivity index (χ1n) is 48.2. The molecule has 0 aliphatic heterocycles. The highest BCUT2D eigenvalue weighted by atomic mass is 15.1. The molecule has 8 aliphatic carbocycles. The maximum absolute atomic E-state index is 5.17. The number of fused-ring (bicyclic) bond motifs is 60. The second kappa shape index (κ2) is 27.7. The Morgan fingerprint density at radius 2 is 0.464 bits per heavy atom. The van der Waals surface area contributed by atoms with Crippen LogP contribution in [-0.2, 0) is 51.4 Å². The molecule has 0 atom stereocenters. The summed E-state index contributed by atoms with van der Waals surface area (Å²) in [5.74, 6) is 0. The van der Waals surface area contributed by atoms with E-state index in [-0.39, 0.29) is 0 Å². The number of imidazole rings is 4. The Kier molecular flexibility index (Phi) is 14.9. The first-order chi connectivity index (χ1) is 69.4. The molecular weight excluding hydrogens is 1710 g/mol. The number of pyridine rings is 12. The van der Waals surface area contributed by atoms with E-state index in [1.54, 1.807) is 0 Å². The summed E-state index contributed by atoms with van der Waals surface area (Å²) >= 11 is 0. The molecule has 140 heavy (non-hydrogen) atoms. The van der Waals surface area contributed by atoms with Crippen molar-refractivity contribution in [2.45, 2.75) is 51.4 Å². The van der Waals surface area contributed by atoms with Crippen molar-refractivity contribution in [2.75, 3.05) is 0 Å². The maximum atomic E-state index is 5.17. The van der Waals surface area contributed by atoms with Crippen LogP contribution in [0.3, 0.4) is 0 Å². The number of nitrogens with zero attached hydrogens (tertiary/aromatic N) is 16. The smallest absolute Gasteiger partial charge is 0.166 e. The predicted octanol–water partition coefficient (Wildman–Crippen LogP) is 26.9. The SMILES string of the molecule is c1ccc2c(c1)Cc1c-2ccc2c1-c1cc3nc4c5cccnc5c5cccnc5n4c3cc1C2.c1ccc2c(c1)Cc1c-2ccc2c1-c1cc3nc4c5ccncc5c5cccnc5n4c3cc1C2.c1ccc2c(c1)Cc1c-2ccc2c1-c1cc3nc4c5cnccc5c5cccnc5n4c3cc1C2.c1ccc2c(c1)Cc1c-2ccc2c1-c1cc3nc4c5ncccc5c5cccnc5n4c3cc1C2. The van der Waals surface area contributed by atoms with Crippen LogP contribution in [0, 0.1) is 0 Å². The second-order valence-corrected chi connectivity index (χ2v) is 38.8. The van der Waals surface area contributed by atoms with E-state index >= 15 is 0 Å². The zero-order chi connectivity index (χ0) is 90.7. The Morgan fingerprint density at radius 3 is 0.871 bits per heavy atom. The van der Waals surface area contributed by atoms with Crippen LogP contribution in [0.5, 0.6) is 0 Å². The Labute approximate surface area is 796 Å². The summed E-state index contributed by atoms with van der Waals surface area (Å²) in [6.07, 6.45) is 26.5. The third-order valence-corrected chi connectivity index (χ3v) is 31.7. The Hall–Kier alpha value is -18.3. The van der Waals surface area contributed by atoms with Gasteiger partial charge in [0.1, 0.15) is 45.0 Å². The lowest BCUT2D eigenvalue weighted by atomic mass is 9.95. The summed E-state index contributed by atoms with van der Waals surface area (Å²) in [5.41, 5.74) is 62.5. The molecule has 16 heteroatoms. The third kappa shape index (κ3) is 10.3. The number of benzene rings is 12. The van der Waals surface area contributed by atoms with Crippen molar-refractivity contribution in [1.29, 1.82) is 0 Å². The molecule has 0 saturated carbocycles. The first-order valence-corrected chi connectivity index (χ1v) is 48.2. The fourth-order valence-electron chi connectivity index (χ4n) is 25.9. The van der Waals surface area contributed by atoms with Gasteiger partial charge in [-0.05, 0) is 362 Å². The minimum atomic E-state index is 0.872. The van der Waals surface area contributed by atoms with Crippen molar-refractivity contribution in [2.24, 2.45) is 0 Å². The van der Waals surface area contributed by atoms with Crippen molar-refractivity contribution in [1.82, 2.24) is 77.4 Å². The first kappa shape index (κ1) is 75.1. The van der Waals surface area contributed by atoms with Crippen molar-refractivity contribution in [3.05, 3.63) is 430 Å². The normalized spacial score (nSPS) is 13.5. The molecule has 28 aromatic rings. The number of rotatable bonds is 0. The van der Waals surface area contributed by atoms with Crippen LogP contribution in [0.25, 0.3) is 243 Å². The summed E-state index contributed by atoms with van der Waals surface area (Å²) in [4.78, 5) is 58.0. The standard InChI is InChI=1S/4C31H18N4/c1-2-6-20-17(5-1)14-25-21(20)10-9-18-13-19-15-27-26(16-24(19)28(18)25)34-31-23-8-3-11-32-29(23)22-7-4-12-33-30(22)35(27)31;1-2-6-20-17(5-1)14-25-21(20)10-9-18-13-19-15-27-26(16-24(19)28(18)25)34-31-29-22(7-3-11-32-29)23-8-4-12-33-30(23)35(27)31;1-2-5-20-17(4-1)13-25-21(20)8-7-18-12-19-14-28-27(15-24(19)29(18)25)34-31-26-16-32-11-9-22(26)23-6-3-10-33-30(23)35(28)31;1-2-5-20-17(4-1)13-25-21(20)8-7-18-12-19-14-28-27(15-24(19)29(18)25)34-31-23-9-11-32-16-26(23)22-6-3-10-33-30(22)35(28)31/h2*1-12,15-16H,13-14H2;2*1-11,14-16H,12-13H2. The molecule has 0 unspecified atom stereocenters. The van der Waals surface area contributed by atoms with Gasteiger partial charge in [0.15, 0.2) is 5.65 Å². The van der Waals surface area contributed by atoms with E-state index in [4.69, 9.17) is 44.9 Å². The molecule has 0 N–H and O–H groups in total. The molecule has 648 valence electrons. The molecule has 0 bridgehead atoms. The van der Waals surface area contributed by atoms with Crippen molar-refractivity contribution >= 4 is 154 Å². The van der Waals surface area contributed by atoms with Gasteiger partial charge in [0.05, 0.1) is 49.7 Å². The van der Waals surface area contributed by atoms with Crippen LogP contribution in [0.15, 0.2) is 341 Å². The largest absolute Gasteiger partial charge is 0.276 e. The van der Waals surface area contributed by atoms with E-state index in [2.05, 4.69) is 275 Å². The lowest BCUT2D eigenvalue weighted by molar-refractivity contribution is 1.21. The summed E-state index contributed by atoms with van der Waals surface area (Å²) in [6.45, 7) is 0. The minimum absolute atomic E-state index is 0.872. The quantitative estimate of drug-likeness (QED) is 0.132. The predicted molar refractivity (Wildman–Crippen MR) is 559 cm³/mol. The van der Waals surface area contributed by atoms with Crippen LogP contribution in [0.4, 0.5) is 0 Å². The van der Waals surface area contributed by atoms with Gasteiger partial charge in [0.25, 0.3) is 0 Å². The van der Waals surface area contributed by atoms with Gasteiger partial charge in [-0.25, -0.2) is 39.9 Å². The molecule has 0 fully saturated rings. The lowest BCUT2D eigenvalue weighted by Gasteiger charge is -2.09. The van der Waals surface area contributed by atoms with Gasteiger partial charge in [-0.3, -0.25) is 37.5 Å². The molecule has 12 aromatic carbocycles. The van der Waals surface area contributed by atoms with Gasteiger partial charge in [-0.2, -0.15) is 0 Å². The number of hydrogen-bond acceptors (Lipinski definition) is 12. The average molecular weight is 1790 g/mol. The minimum Gasteiger partial charge on any atom is -0.276 e. The second-order valence-electron chi connectivity index (χ2n) is 38.8. The van der Waals surface area contributed by atoms with Crippen molar-refractivity contribution in [3.8, 4) is 89.0 Å². The Balaban J connectivity index is 0.0000000829. The molecule has 0 spiro atoms. The van der Waals surface area contributed by atoms with E-state index < -0.39 is 0 Å². The van der Waals surface area contributed by atoms with E-state index in [1.165, 1.54) is 178 Å². The lowest BCUT2D eigenvalue weighted by Crippen LogP contribution is -1.95. The molecule has 36 rings (SSSR count). The summed E-state index contributed by atoms with van der Waals surface area (Å²) in [5, 5.41) is 10.9. The molecule has 16 aromatic heterocycles. The van der Waals surface area contributed by atoms with Gasteiger partial charge >= 0.3 is 0 Å². The molecule has 16 heterocycles. The monoisotopic (exact) mass is 1780 g/mol. The number of hydrogen-bond donors (Lipinski definition) is 0. The molecule has 0 saturated heterocycles. The van der Waals surface area contributed by atoms with Gasteiger partial charge in [0, 0.05) is 110 Å². The number of aromatic nitrogens is 16. The topological polar surface area (TPSA) is 172 Å². The van der Waals surface area contributed by atoms with Crippen molar-refractivity contribution < 1.29 is 0 Å². The molecule has 0 radical (unpaired) electrons. The maximum Gasteiger partial charge on any atom is 0.166 e. The Bertz CT molecular complexity index is 9460. The molecule has 0 amide bonds. The van der Waals surface area contributed by atoms with E-state index in [1.807, 2.05) is 98.4 Å².